The van der Waals surface area contributed by atoms with Crippen LogP contribution in [0.4, 0.5) is 10.6 Å². The Kier molecular flexibility index (Phi) is 4.77. The topological polar surface area (TPSA) is 107 Å². The first-order valence-corrected chi connectivity index (χ1v) is 9.27. The van der Waals surface area contributed by atoms with Gasteiger partial charge >= 0.3 is 6.09 Å². The van der Waals surface area contributed by atoms with Gasteiger partial charge in [-0.25, -0.2) is 14.8 Å². The Morgan fingerprint density at radius 3 is 1.86 bits per heavy atom. The number of rotatable bonds is 2. The second kappa shape index (κ2) is 7.27. The molecule has 3 aromatic rings. The number of amides is 1. The van der Waals surface area contributed by atoms with Gasteiger partial charge in [-0.3, -0.25) is 4.90 Å². The molecule has 0 fully saturated rings. The lowest BCUT2D eigenvalue weighted by Crippen LogP contribution is -2.45. The molecule has 4 rings (SSSR count). The van der Waals surface area contributed by atoms with Crippen LogP contribution in [0.5, 0.6) is 0 Å². The van der Waals surface area contributed by atoms with Crippen molar-refractivity contribution in [1.29, 1.82) is 0 Å². The molecule has 0 bridgehead atoms. The standard InChI is InChI=1S/C22H21N3O4/c1-12-3-7-14(8-4-12)17-18(15-9-5-13(2)6-10-15)24-21-19(23-17)20(27)16(26)11-25(21)22(28)29/h3-10,16,20,26-27H,11H2,1-2H3,(H,28,29). The van der Waals surface area contributed by atoms with Crippen molar-refractivity contribution in [2.24, 2.45) is 0 Å². The normalized spacial score (nSPS) is 18.4. The van der Waals surface area contributed by atoms with E-state index in [0.717, 1.165) is 27.2 Å². The summed E-state index contributed by atoms with van der Waals surface area (Å²) < 4.78 is 0. The Morgan fingerprint density at radius 1 is 0.897 bits per heavy atom. The van der Waals surface area contributed by atoms with Crippen LogP contribution in [0.25, 0.3) is 22.5 Å². The van der Waals surface area contributed by atoms with E-state index in [2.05, 4.69) is 9.97 Å². The number of aliphatic hydroxyl groups excluding tert-OH is 2. The first-order chi connectivity index (χ1) is 13.8. The van der Waals surface area contributed by atoms with E-state index in [-0.39, 0.29) is 18.1 Å². The molecule has 1 aliphatic heterocycles. The Bertz CT molecular complexity index is 1060. The third-order valence-corrected chi connectivity index (χ3v) is 5.05. The monoisotopic (exact) mass is 391 g/mol. The largest absolute Gasteiger partial charge is 0.465 e. The van der Waals surface area contributed by atoms with E-state index in [4.69, 9.17) is 0 Å². The maximum atomic E-state index is 11.7. The molecule has 2 heterocycles. The molecule has 0 aliphatic carbocycles. The molecule has 2 atom stereocenters. The average Bonchev–Trinajstić information content (AvgIpc) is 2.71. The summed E-state index contributed by atoms with van der Waals surface area (Å²) in [5.74, 6) is 0.0433. The minimum Gasteiger partial charge on any atom is -0.465 e. The van der Waals surface area contributed by atoms with E-state index < -0.39 is 18.3 Å². The van der Waals surface area contributed by atoms with Gasteiger partial charge in [-0.2, -0.15) is 0 Å². The second-order valence-corrected chi connectivity index (χ2v) is 7.27. The number of carbonyl (C=O) groups is 1. The summed E-state index contributed by atoms with van der Waals surface area (Å²) in [4.78, 5) is 21.9. The Morgan fingerprint density at radius 2 is 1.38 bits per heavy atom. The van der Waals surface area contributed by atoms with Crippen LogP contribution in [0.3, 0.4) is 0 Å². The maximum absolute atomic E-state index is 11.7. The number of aryl methyl sites for hydroxylation is 2. The predicted octanol–water partition coefficient (Wildman–Crippen LogP) is 3.32. The van der Waals surface area contributed by atoms with Gasteiger partial charge in [-0.05, 0) is 13.8 Å². The minimum atomic E-state index is -1.32. The molecule has 3 N–H and O–H groups in total. The molecule has 1 aliphatic rings. The number of fused-ring (bicyclic) bond motifs is 1. The fourth-order valence-corrected chi connectivity index (χ4v) is 3.39. The third-order valence-electron chi connectivity index (χ3n) is 5.05. The van der Waals surface area contributed by atoms with E-state index in [1.165, 1.54) is 0 Å². The van der Waals surface area contributed by atoms with Gasteiger partial charge in [-0.1, -0.05) is 59.7 Å². The van der Waals surface area contributed by atoms with Gasteiger partial charge in [0.15, 0.2) is 5.82 Å². The van der Waals surface area contributed by atoms with Crippen LogP contribution in [0.2, 0.25) is 0 Å². The van der Waals surface area contributed by atoms with Gasteiger partial charge in [-0.15, -0.1) is 0 Å². The highest BCUT2D eigenvalue weighted by Crippen LogP contribution is 2.38. The van der Waals surface area contributed by atoms with E-state index in [1.807, 2.05) is 62.4 Å². The molecule has 148 valence electrons. The van der Waals surface area contributed by atoms with Crippen molar-refractivity contribution >= 4 is 11.9 Å². The zero-order chi connectivity index (χ0) is 20.7. The molecule has 7 nitrogen and oxygen atoms in total. The molecule has 0 radical (unpaired) electrons. The number of nitrogens with zero attached hydrogens (tertiary/aromatic N) is 3. The SMILES string of the molecule is Cc1ccc(-c2nc3c(nc2-c2ccc(C)cc2)N(C(=O)O)CC(O)C3O)cc1. The Hall–Kier alpha value is -3.29. The molecule has 1 amide bonds. The number of β-amino-alcohol motifs (C(OH)–C–C–N with tert-alkyl or cyclic N) is 1. The van der Waals surface area contributed by atoms with Crippen molar-refractivity contribution in [2.75, 3.05) is 11.4 Å². The number of carboxylic acid groups (broad SMARTS) is 1. The number of aliphatic hydroxyl groups is 2. The number of hydrogen-bond donors (Lipinski definition) is 3. The molecule has 0 spiro atoms. The maximum Gasteiger partial charge on any atom is 0.413 e. The fraction of sp³-hybridized carbons (Fsp3) is 0.227. The first kappa shape index (κ1) is 19.0. The molecular formula is C22H21N3O4. The van der Waals surface area contributed by atoms with Gasteiger partial charge in [0.2, 0.25) is 0 Å². The summed E-state index contributed by atoms with van der Waals surface area (Å²) in [6.07, 6.45) is -3.85. The van der Waals surface area contributed by atoms with Crippen LogP contribution in [0, 0.1) is 13.8 Å². The third kappa shape index (κ3) is 3.46. The van der Waals surface area contributed by atoms with Gasteiger partial charge in [0.05, 0.1) is 17.9 Å². The van der Waals surface area contributed by atoms with Crippen molar-refractivity contribution in [3.8, 4) is 22.5 Å². The average molecular weight is 391 g/mol. The van der Waals surface area contributed by atoms with Gasteiger partial charge in [0, 0.05) is 11.1 Å². The van der Waals surface area contributed by atoms with Gasteiger partial charge in [0.1, 0.15) is 17.9 Å². The Labute approximate surface area is 167 Å². The van der Waals surface area contributed by atoms with Crippen molar-refractivity contribution < 1.29 is 20.1 Å². The summed E-state index contributed by atoms with van der Waals surface area (Å²) in [5.41, 5.74) is 4.83. The fourth-order valence-electron chi connectivity index (χ4n) is 3.39. The smallest absolute Gasteiger partial charge is 0.413 e. The van der Waals surface area contributed by atoms with Crippen LogP contribution in [0.1, 0.15) is 22.9 Å². The van der Waals surface area contributed by atoms with Crippen molar-refractivity contribution in [1.82, 2.24) is 9.97 Å². The highest BCUT2D eigenvalue weighted by atomic mass is 16.4. The Balaban J connectivity index is 1.99. The number of anilines is 1. The van der Waals surface area contributed by atoms with Crippen molar-refractivity contribution in [2.45, 2.75) is 26.1 Å². The van der Waals surface area contributed by atoms with Crippen LogP contribution < -0.4 is 4.90 Å². The predicted molar refractivity (Wildman–Crippen MR) is 109 cm³/mol. The van der Waals surface area contributed by atoms with Crippen molar-refractivity contribution in [3.63, 3.8) is 0 Å². The molecular weight excluding hydrogens is 370 g/mol. The zero-order valence-corrected chi connectivity index (χ0v) is 16.1. The lowest BCUT2D eigenvalue weighted by atomic mass is 9.99. The number of aromatic nitrogens is 2. The first-order valence-electron chi connectivity index (χ1n) is 9.27. The highest BCUT2D eigenvalue weighted by Gasteiger charge is 2.37. The quantitative estimate of drug-likeness (QED) is 0.619. The van der Waals surface area contributed by atoms with Gasteiger partial charge in [0.25, 0.3) is 0 Å². The number of hydrogen-bond acceptors (Lipinski definition) is 5. The lowest BCUT2D eigenvalue weighted by Gasteiger charge is -2.32. The molecule has 29 heavy (non-hydrogen) atoms. The molecule has 7 heteroatoms. The summed E-state index contributed by atoms with van der Waals surface area (Å²) in [6.45, 7) is 3.69. The van der Waals surface area contributed by atoms with Crippen molar-refractivity contribution in [3.05, 3.63) is 65.4 Å². The highest BCUT2D eigenvalue weighted by molar-refractivity contribution is 5.88. The minimum absolute atomic E-state index is 0.0433. The summed E-state index contributed by atoms with van der Waals surface area (Å²) in [6, 6.07) is 15.4. The van der Waals surface area contributed by atoms with Crippen LogP contribution >= 0.6 is 0 Å². The van der Waals surface area contributed by atoms with Crippen LogP contribution in [-0.4, -0.2) is 44.0 Å². The summed E-state index contributed by atoms with van der Waals surface area (Å²) in [5, 5.41) is 30.2. The summed E-state index contributed by atoms with van der Waals surface area (Å²) >= 11 is 0. The second-order valence-electron chi connectivity index (χ2n) is 7.27. The van der Waals surface area contributed by atoms with Gasteiger partial charge < -0.3 is 15.3 Å². The van der Waals surface area contributed by atoms with E-state index in [0.29, 0.717) is 11.4 Å². The van der Waals surface area contributed by atoms with E-state index in [9.17, 15) is 20.1 Å². The molecule has 1 aromatic heterocycles. The lowest BCUT2D eigenvalue weighted by molar-refractivity contribution is 0.0152. The molecule has 2 aromatic carbocycles. The van der Waals surface area contributed by atoms with E-state index >= 15 is 0 Å². The van der Waals surface area contributed by atoms with E-state index in [1.54, 1.807) is 0 Å². The zero-order valence-electron chi connectivity index (χ0n) is 16.1. The summed E-state index contributed by atoms with van der Waals surface area (Å²) in [7, 11) is 0. The molecule has 0 saturated heterocycles. The molecule has 2 unspecified atom stereocenters. The van der Waals surface area contributed by atoms with Crippen LogP contribution in [-0.2, 0) is 0 Å². The molecule has 0 saturated carbocycles. The van der Waals surface area contributed by atoms with Crippen LogP contribution in [0.15, 0.2) is 48.5 Å². The number of benzene rings is 2.